The standard InChI is InChI=1S/C16H16ClNO/c1-12(17)16(19)18-15-10-6-5-9-14(15)11-13-7-3-2-4-8-13/h2-10,12H,11H2,1H3,(H,18,19)/t12-/m0/s1. The van der Waals surface area contributed by atoms with Crippen LogP contribution in [0.2, 0.25) is 0 Å². The summed E-state index contributed by atoms with van der Waals surface area (Å²) in [4.78, 5) is 11.7. The van der Waals surface area contributed by atoms with Crippen LogP contribution in [0.5, 0.6) is 0 Å². The zero-order valence-corrected chi connectivity index (χ0v) is 11.5. The van der Waals surface area contributed by atoms with Crippen molar-refractivity contribution >= 4 is 23.2 Å². The zero-order chi connectivity index (χ0) is 13.7. The maximum absolute atomic E-state index is 11.7. The minimum Gasteiger partial charge on any atom is -0.325 e. The van der Waals surface area contributed by atoms with E-state index in [9.17, 15) is 4.79 Å². The molecule has 2 nitrogen and oxygen atoms in total. The van der Waals surface area contributed by atoms with Crippen LogP contribution in [0.15, 0.2) is 54.6 Å². The van der Waals surface area contributed by atoms with Crippen molar-refractivity contribution in [2.45, 2.75) is 18.7 Å². The Labute approximate surface area is 118 Å². The Balaban J connectivity index is 2.19. The van der Waals surface area contributed by atoms with Crippen molar-refractivity contribution in [3.05, 3.63) is 65.7 Å². The van der Waals surface area contributed by atoms with Gasteiger partial charge in [-0.1, -0.05) is 48.5 Å². The molecule has 0 heterocycles. The largest absolute Gasteiger partial charge is 0.325 e. The Morgan fingerprint density at radius 3 is 2.42 bits per heavy atom. The molecule has 0 saturated carbocycles. The number of rotatable bonds is 4. The summed E-state index contributed by atoms with van der Waals surface area (Å²) < 4.78 is 0. The molecule has 0 saturated heterocycles. The highest BCUT2D eigenvalue weighted by atomic mass is 35.5. The molecule has 0 radical (unpaired) electrons. The van der Waals surface area contributed by atoms with E-state index in [1.165, 1.54) is 5.56 Å². The van der Waals surface area contributed by atoms with Gasteiger partial charge in [-0.3, -0.25) is 4.79 Å². The summed E-state index contributed by atoms with van der Waals surface area (Å²) in [6, 6.07) is 17.9. The maximum Gasteiger partial charge on any atom is 0.242 e. The van der Waals surface area contributed by atoms with E-state index in [1.54, 1.807) is 6.92 Å². The minimum atomic E-state index is -0.537. The fourth-order valence-electron chi connectivity index (χ4n) is 1.84. The zero-order valence-electron chi connectivity index (χ0n) is 10.8. The third-order valence-corrected chi connectivity index (χ3v) is 3.07. The molecule has 0 aliphatic rings. The van der Waals surface area contributed by atoms with Gasteiger partial charge in [0.25, 0.3) is 0 Å². The number of carbonyl (C=O) groups is 1. The molecule has 19 heavy (non-hydrogen) atoms. The molecule has 0 aromatic heterocycles. The normalized spacial score (nSPS) is 11.9. The van der Waals surface area contributed by atoms with Gasteiger partial charge in [-0.15, -0.1) is 11.6 Å². The number of para-hydroxylation sites is 1. The molecule has 1 atom stereocenters. The van der Waals surface area contributed by atoms with Gasteiger partial charge in [0.1, 0.15) is 5.38 Å². The number of nitrogens with one attached hydrogen (secondary N) is 1. The van der Waals surface area contributed by atoms with Crippen molar-refractivity contribution in [1.82, 2.24) is 0 Å². The predicted molar refractivity (Wildman–Crippen MR) is 79.6 cm³/mol. The first-order chi connectivity index (χ1) is 9.16. The fraction of sp³-hybridized carbons (Fsp3) is 0.188. The van der Waals surface area contributed by atoms with Crippen molar-refractivity contribution < 1.29 is 4.79 Å². The van der Waals surface area contributed by atoms with E-state index in [-0.39, 0.29) is 5.91 Å². The lowest BCUT2D eigenvalue weighted by atomic mass is 10.0. The molecule has 2 aromatic rings. The Morgan fingerprint density at radius 2 is 1.74 bits per heavy atom. The maximum atomic E-state index is 11.7. The van der Waals surface area contributed by atoms with Gasteiger partial charge in [-0.05, 0) is 30.5 Å². The summed E-state index contributed by atoms with van der Waals surface area (Å²) in [5.74, 6) is -0.179. The van der Waals surface area contributed by atoms with Crippen molar-refractivity contribution in [1.29, 1.82) is 0 Å². The topological polar surface area (TPSA) is 29.1 Å². The highest BCUT2D eigenvalue weighted by Gasteiger charge is 2.11. The molecule has 1 N–H and O–H groups in total. The molecular weight excluding hydrogens is 258 g/mol. The Bertz CT molecular complexity index is 552. The summed E-state index contributed by atoms with van der Waals surface area (Å²) >= 11 is 5.78. The predicted octanol–water partition coefficient (Wildman–Crippen LogP) is 3.84. The van der Waals surface area contributed by atoms with Gasteiger partial charge in [0.2, 0.25) is 5.91 Å². The molecule has 3 heteroatoms. The molecular formula is C16H16ClNO. The van der Waals surface area contributed by atoms with Crippen molar-refractivity contribution in [3.63, 3.8) is 0 Å². The van der Waals surface area contributed by atoms with Gasteiger partial charge >= 0.3 is 0 Å². The number of alkyl halides is 1. The van der Waals surface area contributed by atoms with E-state index < -0.39 is 5.38 Å². The van der Waals surface area contributed by atoms with Crippen molar-refractivity contribution in [2.24, 2.45) is 0 Å². The monoisotopic (exact) mass is 273 g/mol. The van der Waals surface area contributed by atoms with E-state index in [0.717, 1.165) is 17.7 Å². The van der Waals surface area contributed by atoms with Gasteiger partial charge < -0.3 is 5.32 Å². The van der Waals surface area contributed by atoms with Gasteiger partial charge in [-0.2, -0.15) is 0 Å². The van der Waals surface area contributed by atoms with E-state index in [0.29, 0.717) is 0 Å². The molecule has 2 rings (SSSR count). The number of halogens is 1. The lowest BCUT2D eigenvalue weighted by Crippen LogP contribution is -2.21. The van der Waals surface area contributed by atoms with Crippen LogP contribution in [0, 0.1) is 0 Å². The van der Waals surface area contributed by atoms with Crippen LogP contribution in [0.4, 0.5) is 5.69 Å². The SMILES string of the molecule is C[C@H](Cl)C(=O)Nc1ccccc1Cc1ccccc1. The molecule has 0 bridgehead atoms. The van der Waals surface area contributed by atoms with E-state index in [2.05, 4.69) is 17.4 Å². The number of benzene rings is 2. The Hall–Kier alpha value is -1.80. The number of hydrogen-bond acceptors (Lipinski definition) is 1. The lowest BCUT2D eigenvalue weighted by Gasteiger charge is -2.12. The summed E-state index contributed by atoms with van der Waals surface area (Å²) in [5.41, 5.74) is 3.12. The van der Waals surface area contributed by atoms with Gasteiger partial charge in [0.15, 0.2) is 0 Å². The summed E-state index contributed by atoms with van der Waals surface area (Å²) in [7, 11) is 0. The van der Waals surface area contributed by atoms with Crippen LogP contribution in [0.25, 0.3) is 0 Å². The van der Waals surface area contributed by atoms with Crippen LogP contribution in [0.1, 0.15) is 18.1 Å². The van der Waals surface area contributed by atoms with Gasteiger partial charge in [0, 0.05) is 5.69 Å². The minimum absolute atomic E-state index is 0.179. The summed E-state index contributed by atoms with van der Waals surface area (Å²) in [5, 5.41) is 2.32. The molecule has 1 amide bonds. The summed E-state index contributed by atoms with van der Waals surface area (Å²) in [6.45, 7) is 1.66. The molecule has 2 aromatic carbocycles. The van der Waals surface area contributed by atoms with E-state index in [4.69, 9.17) is 11.6 Å². The van der Waals surface area contributed by atoms with Crippen LogP contribution in [-0.2, 0) is 11.2 Å². The second-order valence-corrected chi connectivity index (χ2v) is 5.08. The number of hydrogen-bond donors (Lipinski definition) is 1. The summed E-state index contributed by atoms with van der Waals surface area (Å²) in [6.07, 6.45) is 0.786. The number of carbonyl (C=O) groups excluding carboxylic acids is 1. The Morgan fingerprint density at radius 1 is 1.11 bits per heavy atom. The van der Waals surface area contributed by atoms with Gasteiger partial charge in [0.05, 0.1) is 0 Å². The van der Waals surface area contributed by atoms with Crippen LogP contribution in [0.3, 0.4) is 0 Å². The second-order valence-electron chi connectivity index (χ2n) is 4.42. The van der Waals surface area contributed by atoms with Crippen molar-refractivity contribution in [3.8, 4) is 0 Å². The first kappa shape index (κ1) is 13.6. The van der Waals surface area contributed by atoms with Crippen molar-refractivity contribution in [2.75, 3.05) is 5.32 Å². The average molecular weight is 274 g/mol. The van der Waals surface area contributed by atoms with Crippen LogP contribution >= 0.6 is 11.6 Å². The first-order valence-corrected chi connectivity index (χ1v) is 6.67. The van der Waals surface area contributed by atoms with E-state index in [1.807, 2.05) is 42.5 Å². The third-order valence-electron chi connectivity index (χ3n) is 2.87. The molecule has 0 spiro atoms. The molecule has 0 unspecified atom stereocenters. The third kappa shape index (κ3) is 3.83. The lowest BCUT2D eigenvalue weighted by molar-refractivity contribution is -0.115. The Kier molecular flexibility index (Phi) is 4.58. The van der Waals surface area contributed by atoms with Crippen LogP contribution in [-0.4, -0.2) is 11.3 Å². The molecule has 0 fully saturated rings. The molecule has 0 aliphatic heterocycles. The fourth-order valence-corrected chi connectivity index (χ4v) is 1.90. The van der Waals surface area contributed by atoms with Gasteiger partial charge in [-0.25, -0.2) is 0 Å². The van der Waals surface area contributed by atoms with Crippen LogP contribution < -0.4 is 5.32 Å². The highest BCUT2D eigenvalue weighted by molar-refractivity contribution is 6.32. The number of amides is 1. The van der Waals surface area contributed by atoms with E-state index >= 15 is 0 Å². The first-order valence-electron chi connectivity index (χ1n) is 6.23. The average Bonchev–Trinajstić information content (AvgIpc) is 2.42. The quantitative estimate of drug-likeness (QED) is 0.843. The molecule has 98 valence electrons. The molecule has 0 aliphatic carbocycles. The smallest absolute Gasteiger partial charge is 0.242 e. The second kappa shape index (κ2) is 6.39. The highest BCUT2D eigenvalue weighted by Crippen LogP contribution is 2.19. The number of anilines is 1.